The van der Waals surface area contributed by atoms with Gasteiger partial charge < -0.3 is 15.2 Å². The van der Waals surface area contributed by atoms with Gasteiger partial charge in [0.25, 0.3) is 0 Å². The molecule has 0 heterocycles. The van der Waals surface area contributed by atoms with Gasteiger partial charge in [-0.15, -0.1) is 0 Å². The zero-order chi connectivity index (χ0) is 14.3. The van der Waals surface area contributed by atoms with E-state index in [9.17, 15) is 4.79 Å². The monoisotopic (exact) mass is 285 g/mol. The lowest BCUT2D eigenvalue weighted by Gasteiger charge is -2.10. The van der Waals surface area contributed by atoms with Gasteiger partial charge in [0.05, 0.1) is 19.6 Å². The molecule has 1 unspecified atom stereocenters. The van der Waals surface area contributed by atoms with Crippen molar-refractivity contribution in [3.63, 3.8) is 0 Å². The summed E-state index contributed by atoms with van der Waals surface area (Å²) in [6.07, 6.45) is 1.35. The molecule has 1 atom stereocenters. The molecule has 19 heavy (non-hydrogen) atoms. The molecular weight excluding hydrogens is 266 g/mol. The van der Waals surface area contributed by atoms with E-state index in [1.54, 1.807) is 32.2 Å². The normalized spacial score (nSPS) is 12.0. The number of rotatable bonds is 7. The van der Waals surface area contributed by atoms with E-state index in [0.29, 0.717) is 23.7 Å². The highest BCUT2D eigenvalue weighted by atomic mass is 35.5. The number of carbonyl (C=O) groups excluding carboxylic acids is 1. The lowest BCUT2D eigenvalue weighted by molar-refractivity contribution is -0.120. The van der Waals surface area contributed by atoms with Crippen LogP contribution >= 0.6 is 11.6 Å². The number of carbonyl (C=O) groups is 1. The second-order valence-corrected chi connectivity index (χ2v) is 4.91. The molecule has 0 aliphatic carbocycles. The first-order chi connectivity index (χ1) is 9.02. The predicted molar refractivity (Wildman–Crippen MR) is 75.6 cm³/mol. The summed E-state index contributed by atoms with van der Waals surface area (Å²) in [5.41, 5.74) is 0.767. The molecule has 0 aromatic heterocycles. The molecule has 0 fully saturated rings. The van der Waals surface area contributed by atoms with E-state index in [2.05, 4.69) is 5.32 Å². The van der Waals surface area contributed by atoms with E-state index in [0.717, 1.165) is 12.0 Å². The number of hydrogen-bond donors (Lipinski definition) is 2. The van der Waals surface area contributed by atoms with Crippen molar-refractivity contribution in [1.29, 1.82) is 0 Å². The average molecular weight is 286 g/mol. The average Bonchev–Trinajstić information content (AvgIpc) is 2.35. The fraction of sp³-hybridized carbons (Fsp3) is 0.500. The molecule has 0 aliphatic rings. The predicted octanol–water partition coefficient (Wildman–Crippen LogP) is 2.17. The fourth-order valence-corrected chi connectivity index (χ4v) is 1.94. The van der Waals surface area contributed by atoms with Crippen molar-refractivity contribution in [3.8, 4) is 5.75 Å². The molecule has 1 amide bonds. The zero-order valence-corrected chi connectivity index (χ0v) is 12.0. The largest absolute Gasteiger partial charge is 0.496 e. The van der Waals surface area contributed by atoms with Crippen LogP contribution in [-0.2, 0) is 11.2 Å². The van der Waals surface area contributed by atoms with E-state index < -0.39 is 0 Å². The standard InChI is InChI=1S/C14H20ClNO3/c1-10(17)4-3-7-16-14(18)9-11-8-12(15)5-6-13(11)19-2/h5-6,8,10,17H,3-4,7,9H2,1-2H3,(H,16,18). The van der Waals surface area contributed by atoms with Crippen LogP contribution in [-0.4, -0.2) is 30.8 Å². The molecule has 0 saturated heterocycles. The van der Waals surface area contributed by atoms with Crippen molar-refractivity contribution in [2.45, 2.75) is 32.3 Å². The maximum absolute atomic E-state index is 11.8. The molecule has 0 saturated carbocycles. The quantitative estimate of drug-likeness (QED) is 0.755. The summed E-state index contributed by atoms with van der Waals surface area (Å²) < 4.78 is 5.19. The third-order valence-corrected chi connectivity index (χ3v) is 2.95. The van der Waals surface area contributed by atoms with Gasteiger partial charge in [0, 0.05) is 17.1 Å². The van der Waals surface area contributed by atoms with Crippen molar-refractivity contribution in [2.24, 2.45) is 0 Å². The van der Waals surface area contributed by atoms with Crippen LogP contribution in [0.4, 0.5) is 0 Å². The van der Waals surface area contributed by atoms with Gasteiger partial charge in [-0.25, -0.2) is 0 Å². The van der Waals surface area contributed by atoms with Crippen LogP contribution in [0.15, 0.2) is 18.2 Å². The number of nitrogens with one attached hydrogen (secondary N) is 1. The minimum Gasteiger partial charge on any atom is -0.496 e. The zero-order valence-electron chi connectivity index (χ0n) is 11.3. The molecule has 0 bridgehead atoms. The smallest absolute Gasteiger partial charge is 0.224 e. The minimum atomic E-state index is -0.329. The summed E-state index contributed by atoms with van der Waals surface area (Å²) in [6, 6.07) is 5.21. The Hall–Kier alpha value is -1.26. The third kappa shape index (κ3) is 5.94. The Balaban J connectivity index is 2.45. The number of amides is 1. The van der Waals surface area contributed by atoms with Crippen molar-refractivity contribution < 1.29 is 14.6 Å². The molecule has 4 nitrogen and oxygen atoms in total. The van der Waals surface area contributed by atoms with Crippen molar-refractivity contribution in [1.82, 2.24) is 5.32 Å². The highest BCUT2D eigenvalue weighted by Crippen LogP contribution is 2.22. The topological polar surface area (TPSA) is 58.6 Å². The second kappa shape index (κ2) is 8.02. The van der Waals surface area contributed by atoms with Crippen molar-refractivity contribution >= 4 is 17.5 Å². The van der Waals surface area contributed by atoms with Crippen LogP contribution in [0.1, 0.15) is 25.3 Å². The lowest BCUT2D eigenvalue weighted by Crippen LogP contribution is -2.26. The van der Waals surface area contributed by atoms with Crippen LogP contribution in [0, 0.1) is 0 Å². The van der Waals surface area contributed by atoms with Gasteiger partial charge in [0.2, 0.25) is 5.91 Å². The van der Waals surface area contributed by atoms with Gasteiger partial charge in [-0.1, -0.05) is 11.6 Å². The molecule has 0 radical (unpaired) electrons. The molecule has 1 aromatic carbocycles. The van der Waals surface area contributed by atoms with E-state index in [-0.39, 0.29) is 18.4 Å². The first-order valence-corrected chi connectivity index (χ1v) is 6.68. The number of aliphatic hydroxyl groups excluding tert-OH is 1. The number of hydrogen-bond acceptors (Lipinski definition) is 3. The van der Waals surface area contributed by atoms with Gasteiger partial charge in [-0.3, -0.25) is 4.79 Å². The molecule has 2 N–H and O–H groups in total. The van der Waals surface area contributed by atoms with Crippen LogP contribution in [0.3, 0.4) is 0 Å². The number of methoxy groups -OCH3 is 1. The summed E-state index contributed by atoms with van der Waals surface area (Å²) in [5.74, 6) is 0.578. The molecule has 0 aliphatic heterocycles. The third-order valence-electron chi connectivity index (χ3n) is 2.71. The Morgan fingerprint density at radius 1 is 1.53 bits per heavy atom. The Kier molecular flexibility index (Phi) is 6.67. The summed E-state index contributed by atoms with van der Waals surface area (Å²) in [4.78, 5) is 11.8. The highest BCUT2D eigenvalue weighted by molar-refractivity contribution is 6.30. The van der Waals surface area contributed by atoms with Crippen molar-refractivity contribution in [2.75, 3.05) is 13.7 Å². The van der Waals surface area contributed by atoms with Gasteiger partial charge >= 0.3 is 0 Å². The van der Waals surface area contributed by atoms with Crippen LogP contribution < -0.4 is 10.1 Å². The Labute approximate surface area is 118 Å². The van der Waals surface area contributed by atoms with Gasteiger partial charge in [-0.05, 0) is 38.0 Å². The Morgan fingerprint density at radius 3 is 2.89 bits per heavy atom. The number of benzene rings is 1. The first kappa shape index (κ1) is 15.8. The van der Waals surface area contributed by atoms with Crippen LogP contribution in [0.25, 0.3) is 0 Å². The Bertz CT molecular complexity index is 421. The summed E-state index contributed by atoms with van der Waals surface area (Å²) in [7, 11) is 1.56. The van der Waals surface area contributed by atoms with Gasteiger partial charge in [0.1, 0.15) is 5.75 Å². The van der Waals surface area contributed by atoms with Gasteiger partial charge in [-0.2, -0.15) is 0 Å². The van der Waals surface area contributed by atoms with E-state index >= 15 is 0 Å². The summed E-state index contributed by atoms with van der Waals surface area (Å²) >= 11 is 5.90. The number of aliphatic hydroxyl groups is 1. The van der Waals surface area contributed by atoms with Crippen LogP contribution in [0.2, 0.25) is 5.02 Å². The molecule has 5 heteroatoms. The van der Waals surface area contributed by atoms with E-state index in [1.807, 2.05) is 0 Å². The van der Waals surface area contributed by atoms with Crippen LogP contribution in [0.5, 0.6) is 5.75 Å². The lowest BCUT2D eigenvalue weighted by atomic mass is 10.1. The van der Waals surface area contributed by atoms with E-state index in [4.69, 9.17) is 21.4 Å². The highest BCUT2D eigenvalue weighted by Gasteiger charge is 2.09. The van der Waals surface area contributed by atoms with Crippen molar-refractivity contribution in [3.05, 3.63) is 28.8 Å². The molecule has 1 rings (SSSR count). The van der Waals surface area contributed by atoms with E-state index in [1.165, 1.54) is 0 Å². The fourth-order valence-electron chi connectivity index (χ4n) is 1.75. The Morgan fingerprint density at radius 2 is 2.26 bits per heavy atom. The second-order valence-electron chi connectivity index (χ2n) is 4.47. The SMILES string of the molecule is COc1ccc(Cl)cc1CC(=O)NCCCC(C)O. The maximum Gasteiger partial charge on any atom is 0.224 e. The first-order valence-electron chi connectivity index (χ1n) is 6.30. The maximum atomic E-state index is 11.8. The number of ether oxygens (including phenoxy) is 1. The number of halogens is 1. The minimum absolute atomic E-state index is 0.0776. The summed E-state index contributed by atoms with van der Waals surface area (Å²) in [5, 5.41) is 12.5. The van der Waals surface area contributed by atoms with Gasteiger partial charge in [0.15, 0.2) is 0 Å². The summed E-state index contributed by atoms with van der Waals surface area (Å²) in [6.45, 7) is 2.30. The molecule has 106 valence electrons. The molecule has 1 aromatic rings. The molecular formula is C14H20ClNO3. The molecule has 0 spiro atoms.